The van der Waals surface area contributed by atoms with E-state index in [1.807, 2.05) is 13.8 Å². The second-order valence-electron chi connectivity index (χ2n) is 10.7. The van der Waals surface area contributed by atoms with Crippen molar-refractivity contribution in [1.29, 1.82) is 0 Å². The van der Waals surface area contributed by atoms with E-state index in [4.69, 9.17) is 33.7 Å². The standard InChI is InChI=1S/C29H48N3O11P/c1-8-10-17-38-28(35)40-25(20(3)4)42-44(37,43-26(21(5)6)41-29(36)39-18-11-9-2)31-27(30)32(7)23(24(33)34)19-22-15-13-12-14-16-22/h12-16,20-21,23,25-26H,8-11,17-19H2,1-7H3,(H,33,34)(H2,30,31,37). The van der Waals surface area contributed by atoms with Crippen LogP contribution in [-0.2, 0) is 43.8 Å². The molecule has 1 aromatic carbocycles. The monoisotopic (exact) mass is 645 g/mol. The highest BCUT2D eigenvalue weighted by atomic mass is 31.2. The highest BCUT2D eigenvalue weighted by Crippen LogP contribution is 2.54. The van der Waals surface area contributed by atoms with Crippen molar-refractivity contribution in [2.24, 2.45) is 22.3 Å². The van der Waals surface area contributed by atoms with Gasteiger partial charge < -0.3 is 34.7 Å². The number of likely N-dealkylation sites (N-methyl/N-ethyl adjacent to an activating group) is 1. The van der Waals surface area contributed by atoms with Gasteiger partial charge in [0.05, 0.1) is 13.2 Å². The van der Waals surface area contributed by atoms with Crippen LogP contribution in [0.5, 0.6) is 0 Å². The highest BCUT2D eigenvalue weighted by Gasteiger charge is 2.39. The molecule has 1 aromatic rings. The van der Waals surface area contributed by atoms with Crippen LogP contribution in [0, 0.1) is 11.8 Å². The van der Waals surface area contributed by atoms with Gasteiger partial charge in [-0.2, -0.15) is 0 Å². The Bertz CT molecular complexity index is 1060. The average molecular weight is 646 g/mol. The van der Waals surface area contributed by atoms with Gasteiger partial charge in [-0.15, -0.1) is 4.76 Å². The summed E-state index contributed by atoms with van der Waals surface area (Å²) in [7, 11) is -3.46. The second-order valence-corrected chi connectivity index (χ2v) is 12.2. The molecular weight excluding hydrogens is 597 g/mol. The van der Waals surface area contributed by atoms with Crippen molar-refractivity contribution in [2.45, 2.75) is 92.3 Å². The maximum atomic E-state index is 14.2. The minimum Gasteiger partial charge on any atom is -0.480 e. The number of carboxylic acids is 1. The summed E-state index contributed by atoms with van der Waals surface area (Å²) in [6.07, 6.45) is -2.33. The molecule has 0 radical (unpaired) electrons. The lowest BCUT2D eigenvalue weighted by Gasteiger charge is -2.30. The SMILES string of the molecule is CCCCOC(=O)OC(OP(=O)(N=C(N)N(C)C(Cc1ccccc1)C(=O)O)OC(OC(=O)OCCCC)C(C)C)C(C)C. The number of hydrogen-bond donors (Lipinski definition) is 2. The van der Waals surface area contributed by atoms with Gasteiger partial charge in [0.25, 0.3) is 0 Å². The van der Waals surface area contributed by atoms with Crippen LogP contribution >= 0.6 is 7.75 Å². The van der Waals surface area contributed by atoms with E-state index >= 15 is 0 Å². The third-order valence-electron chi connectivity index (χ3n) is 6.03. The zero-order valence-electron chi connectivity index (χ0n) is 26.7. The lowest BCUT2D eigenvalue weighted by atomic mass is 10.1. The zero-order valence-corrected chi connectivity index (χ0v) is 27.6. The molecule has 0 saturated heterocycles. The minimum absolute atomic E-state index is 0.0393. The first-order chi connectivity index (χ1) is 20.7. The maximum absolute atomic E-state index is 14.2. The van der Waals surface area contributed by atoms with Gasteiger partial charge in [0.1, 0.15) is 6.04 Å². The summed E-state index contributed by atoms with van der Waals surface area (Å²) in [5, 5.41) is 9.94. The van der Waals surface area contributed by atoms with Gasteiger partial charge in [0, 0.05) is 25.3 Å². The molecule has 3 atom stereocenters. The molecule has 44 heavy (non-hydrogen) atoms. The third kappa shape index (κ3) is 14.4. The van der Waals surface area contributed by atoms with Crippen molar-refractivity contribution >= 4 is 32.0 Å². The van der Waals surface area contributed by atoms with Gasteiger partial charge in [0.15, 0.2) is 0 Å². The van der Waals surface area contributed by atoms with Crippen molar-refractivity contribution in [2.75, 3.05) is 20.3 Å². The van der Waals surface area contributed by atoms with Crippen molar-refractivity contribution in [1.82, 2.24) is 4.90 Å². The first-order valence-electron chi connectivity index (χ1n) is 14.7. The molecule has 0 heterocycles. The van der Waals surface area contributed by atoms with Gasteiger partial charge in [0.2, 0.25) is 18.5 Å². The van der Waals surface area contributed by atoms with E-state index in [-0.39, 0.29) is 19.6 Å². The molecule has 0 amide bonds. The summed E-state index contributed by atoms with van der Waals surface area (Å²) < 4.78 is 50.1. The number of benzene rings is 1. The Hall–Kier alpha value is -3.35. The van der Waals surface area contributed by atoms with Gasteiger partial charge >= 0.3 is 26.0 Å². The van der Waals surface area contributed by atoms with Crippen molar-refractivity contribution in [3.8, 4) is 0 Å². The first-order valence-corrected chi connectivity index (χ1v) is 16.2. The maximum Gasteiger partial charge on any atom is 0.510 e. The fourth-order valence-corrected chi connectivity index (χ4v) is 4.97. The number of aliphatic carboxylic acids is 1. The van der Waals surface area contributed by atoms with Gasteiger partial charge in [-0.1, -0.05) is 84.7 Å². The molecule has 0 aromatic heterocycles. The van der Waals surface area contributed by atoms with Crippen LogP contribution in [0.3, 0.4) is 0 Å². The average Bonchev–Trinajstić information content (AvgIpc) is 2.95. The molecule has 0 bridgehead atoms. The van der Waals surface area contributed by atoms with Crippen LogP contribution in [0.2, 0.25) is 0 Å². The molecule has 0 fully saturated rings. The molecule has 0 aliphatic carbocycles. The van der Waals surface area contributed by atoms with Crippen LogP contribution in [-0.4, -0.2) is 73.1 Å². The molecule has 250 valence electrons. The number of carbonyl (C=O) groups is 3. The number of guanidine groups is 1. The van der Waals surface area contributed by atoms with E-state index in [1.54, 1.807) is 58.0 Å². The summed E-state index contributed by atoms with van der Waals surface area (Å²) in [6.45, 7) is 10.5. The number of nitrogens with two attached hydrogens (primary N) is 1. The fraction of sp³-hybridized carbons (Fsp3) is 0.655. The van der Waals surface area contributed by atoms with Crippen LogP contribution in [0.1, 0.15) is 72.8 Å². The third-order valence-corrected chi connectivity index (χ3v) is 7.43. The normalized spacial score (nSPS) is 15.2. The predicted molar refractivity (Wildman–Crippen MR) is 163 cm³/mol. The first kappa shape index (κ1) is 38.7. The predicted octanol–water partition coefficient (Wildman–Crippen LogP) is 5.94. The van der Waals surface area contributed by atoms with E-state index in [0.29, 0.717) is 18.4 Å². The molecule has 3 N–H and O–H groups in total. The molecule has 14 nitrogen and oxygen atoms in total. The van der Waals surface area contributed by atoms with E-state index in [2.05, 4.69) is 4.76 Å². The van der Waals surface area contributed by atoms with Crippen molar-refractivity contribution in [3.63, 3.8) is 0 Å². The number of ether oxygens (including phenoxy) is 4. The molecule has 15 heteroatoms. The topological polar surface area (TPSA) is 186 Å². The lowest BCUT2D eigenvalue weighted by molar-refractivity contribution is -0.141. The van der Waals surface area contributed by atoms with Gasteiger partial charge in [-0.25, -0.2) is 28.0 Å². The molecule has 0 aliphatic rings. The van der Waals surface area contributed by atoms with E-state index in [9.17, 15) is 24.1 Å². The number of hydrogen-bond acceptors (Lipinski definition) is 10. The summed E-state index contributed by atoms with van der Waals surface area (Å²) in [5.74, 6) is -2.90. The number of carbonyl (C=O) groups excluding carboxylic acids is 2. The van der Waals surface area contributed by atoms with Crippen molar-refractivity contribution < 1.29 is 52.1 Å². The molecule has 0 aliphatic heterocycles. The lowest BCUT2D eigenvalue weighted by Crippen LogP contribution is -2.47. The molecular formula is C29H48N3O11P. The van der Waals surface area contributed by atoms with Crippen LogP contribution in [0.15, 0.2) is 35.1 Å². The summed E-state index contributed by atoms with van der Waals surface area (Å²) >= 11 is 0. The Morgan fingerprint density at radius 1 is 0.886 bits per heavy atom. The second kappa shape index (κ2) is 19.8. The Balaban J connectivity index is 3.42. The van der Waals surface area contributed by atoms with E-state index in [0.717, 1.165) is 17.7 Å². The largest absolute Gasteiger partial charge is 0.510 e. The van der Waals surface area contributed by atoms with Crippen LogP contribution in [0.25, 0.3) is 0 Å². The smallest absolute Gasteiger partial charge is 0.480 e. The van der Waals surface area contributed by atoms with E-state index < -0.39 is 62.4 Å². The number of unbranched alkanes of at least 4 members (excludes halogenated alkanes) is 2. The molecule has 1 rings (SSSR count). The molecule has 0 spiro atoms. The van der Waals surface area contributed by atoms with Crippen LogP contribution < -0.4 is 5.73 Å². The Morgan fingerprint density at radius 2 is 1.34 bits per heavy atom. The summed E-state index contributed by atoms with van der Waals surface area (Å²) in [6, 6.07) is 7.61. The number of nitrogens with zero attached hydrogens (tertiary/aromatic N) is 2. The number of carboxylic acid groups (broad SMARTS) is 1. The van der Waals surface area contributed by atoms with Gasteiger partial charge in [-0.05, 0) is 18.4 Å². The number of rotatable bonds is 19. The molecule has 3 unspecified atom stereocenters. The minimum atomic E-state index is -4.81. The zero-order chi connectivity index (χ0) is 33.3. The highest BCUT2D eigenvalue weighted by molar-refractivity contribution is 7.52. The Labute approximate surface area is 259 Å². The summed E-state index contributed by atoms with van der Waals surface area (Å²) in [5.41, 5.74) is 6.89. The van der Waals surface area contributed by atoms with Crippen LogP contribution in [0.4, 0.5) is 9.59 Å². The fourth-order valence-electron chi connectivity index (χ4n) is 3.33. The molecule has 0 saturated carbocycles. The summed E-state index contributed by atoms with van der Waals surface area (Å²) in [4.78, 5) is 37.9. The Kier molecular flexibility index (Phi) is 17.4. The Morgan fingerprint density at radius 3 is 1.73 bits per heavy atom. The van der Waals surface area contributed by atoms with Gasteiger partial charge in [-0.3, -0.25) is 0 Å². The quantitative estimate of drug-likeness (QED) is 0.0450. The van der Waals surface area contributed by atoms with E-state index in [1.165, 1.54) is 7.05 Å². The van der Waals surface area contributed by atoms with Crippen molar-refractivity contribution in [3.05, 3.63) is 35.9 Å².